The Hall–Kier alpha value is -1.60. The van der Waals surface area contributed by atoms with Crippen molar-refractivity contribution in [2.75, 3.05) is 20.2 Å². The number of ether oxygens (including phenoxy) is 1. The third-order valence-corrected chi connectivity index (χ3v) is 5.72. The molecule has 1 aromatic carbocycles. The maximum atomic E-state index is 12.9. The normalized spacial score (nSPS) is 23.2. The topological polar surface area (TPSA) is 83.9 Å². The van der Waals surface area contributed by atoms with Crippen LogP contribution < -0.4 is 4.74 Å². The lowest BCUT2D eigenvalue weighted by Gasteiger charge is -2.34. The van der Waals surface area contributed by atoms with Crippen LogP contribution in [-0.4, -0.2) is 44.0 Å². The van der Waals surface area contributed by atoms with Gasteiger partial charge < -0.3 is 9.84 Å². The van der Waals surface area contributed by atoms with E-state index in [0.717, 1.165) is 6.42 Å². The van der Waals surface area contributed by atoms with E-state index in [4.69, 9.17) is 9.84 Å². The van der Waals surface area contributed by atoms with Gasteiger partial charge in [-0.1, -0.05) is 13.8 Å². The van der Waals surface area contributed by atoms with Crippen LogP contribution in [0, 0.1) is 11.8 Å². The van der Waals surface area contributed by atoms with Gasteiger partial charge in [0.05, 0.1) is 12.7 Å². The fraction of sp³-hybridized carbons (Fsp3) is 0.533. The highest BCUT2D eigenvalue weighted by atomic mass is 32.2. The van der Waals surface area contributed by atoms with E-state index in [1.807, 2.05) is 13.8 Å². The van der Waals surface area contributed by atoms with Gasteiger partial charge in [0.15, 0.2) is 0 Å². The molecule has 1 N–H and O–H groups in total. The van der Waals surface area contributed by atoms with Crippen LogP contribution in [-0.2, 0) is 10.0 Å². The van der Waals surface area contributed by atoms with Gasteiger partial charge in [-0.3, -0.25) is 0 Å². The first-order chi connectivity index (χ1) is 10.3. The highest BCUT2D eigenvalue weighted by Crippen LogP contribution is 2.31. The third kappa shape index (κ3) is 3.25. The van der Waals surface area contributed by atoms with Gasteiger partial charge in [0.2, 0.25) is 10.0 Å². The van der Waals surface area contributed by atoms with E-state index in [1.54, 1.807) is 0 Å². The molecule has 2 rings (SSSR count). The Morgan fingerprint density at radius 3 is 2.36 bits per heavy atom. The molecule has 22 heavy (non-hydrogen) atoms. The number of piperidine rings is 1. The summed E-state index contributed by atoms with van der Waals surface area (Å²) in [5.74, 6) is -0.463. The number of carboxylic acid groups (broad SMARTS) is 1. The number of hydrogen-bond donors (Lipinski definition) is 1. The largest absolute Gasteiger partial charge is 0.495 e. The quantitative estimate of drug-likeness (QED) is 0.915. The van der Waals surface area contributed by atoms with Crippen LogP contribution in [0.5, 0.6) is 5.75 Å². The highest BCUT2D eigenvalue weighted by molar-refractivity contribution is 7.89. The maximum Gasteiger partial charge on any atom is 0.335 e. The molecular weight excluding hydrogens is 306 g/mol. The summed E-state index contributed by atoms with van der Waals surface area (Å²) in [6, 6.07) is 3.88. The number of benzene rings is 1. The predicted molar refractivity (Wildman–Crippen MR) is 81.7 cm³/mol. The zero-order valence-corrected chi connectivity index (χ0v) is 13.8. The minimum absolute atomic E-state index is 0.0718. The first kappa shape index (κ1) is 16.8. The third-order valence-electron chi connectivity index (χ3n) is 3.86. The Kier molecular flexibility index (Phi) is 4.77. The highest BCUT2D eigenvalue weighted by Gasteiger charge is 2.33. The minimum Gasteiger partial charge on any atom is -0.495 e. The standard InChI is InChI=1S/C15H21NO5S/c1-10-6-11(2)9-16(8-10)22(19,20)14-7-12(15(17)18)4-5-13(14)21-3/h4-5,7,10-11H,6,8-9H2,1-3H3,(H,17,18)/t10-,11+. The molecule has 0 bridgehead atoms. The molecule has 1 aromatic rings. The molecule has 1 aliphatic heterocycles. The SMILES string of the molecule is COc1ccc(C(=O)O)cc1S(=O)(=O)N1C[C@H](C)C[C@H](C)C1. The number of hydrogen-bond acceptors (Lipinski definition) is 4. The number of aromatic carboxylic acids is 1. The van der Waals surface area contributed by atoms with Crippen LogP contribution >= 0.6 is 0 Å². The molecule has 1 aliphatic rings. The smallest absolute Gasteiger partial charge is 0.335 e. The summed E-state index contributed by atoms with van der Waals surface area (Å²) < 4.78 is 32.3. The van der Waals surface area contributed by atoms with E-state index in [1.165, 1.54) is 29.6 Å². The summed E-state index contributed by atoms with van der Waals surface area (Å²) in [6.45, 7) is 4.91. The molecule has 122 valence electrons. The van der Waals surface area contributed by atoms with E-state index in [2.05, 4.69) is 0 Å². The Labute approximate surface area is 130 Å². The van der Waals surface area contributed by atoms with Crippen LogP contribution in [0.4, 0.5) is 0 Å². The lowest BCUT2D eigenvalue weighted by Crippen LogP contribution is -2.42. The molecule has 0 radical (unpaired) electrons. The minimum atomic E-state index is -3.78. The van der Waals surface area contributed by atoms with Crippen molar-refractivity contribution >= 4 is 16.0 Å². The molecule has 0 amide bonds. The molecular formula is C15H21NO5S. The van der Waals surface area contributed by atoms with Gasteiger partial charge in [0, 0.05) is 13.1 Å². The van der Waals surface area contributed by atoms with Gasteiger partial charge in [0.1, 0.15) is 10.6 Å². The second-order valence-corrected chi connectivity index (χ2v) is 7.85. The molecule has 1 heterocycles. The monoisotopic (exact) mass is 327 g/mol. The molecule has 0 aromatic heterocycles. The molecule has 6 nitrogen and oxygen atoms in total. The summed E-state index contributed by atoms with van der Waals surface area (Å²) in [5.41, 5.74) is -0.0718. The van der Waals surface area contributed by atoms with Gasteiger partial charge in [-0.2, -0.15) is 4.31 Å². The zero-order chi connectivity index (χ0) is 16.5. The first-order valence-corrected chi connectivity index (χ1v) is 8.61. The summed E-state index contributed by atoms with van der Waals surface area (Å²) >= 11 is 0. The Morgan fingerprint density at radius 2 is 1.86 bits per heavy atom. The lowest BCUT2D eigenvalue weighted by atomic mass is 9.94. The summed E-state index contributed by atoms with van der Waals surface area (Å²) in [5, 5.41) is 9.08. The maximum absolute atomic E-state index is 12.9. The second kappa shape index (κ2) is 6.26. The zero-order valence-electron chi connectivity index (χ0n) is 12.9. The van der Waals surface area contributed by atoms with E-state index >= 15 is 0 Å². The molecule has 0 aliphatic carbocycles. The van der Waals surface area contributed by atoms with Crippen molar-refractivity contribution in [3.8, 4) is 5.75 Å². The van der Waals surface area contributed by atoms with Gasteiger partial charge in [-0.15, -0.1) is 0 Å². The van der Waals surface area contributed by atoms with Crippen LogP contribution in [0.3, 0.4) is 0 Å². The van der Waals surface area contributed by atoms with E-state index in [9.17, 15) is 13.2 Å². The van der Waals surface area contributed by atoms with Crippen molar-refractivity contribution in [1.82, 2.24) is 4.31 Å². The second-order valence-electron chi connectivity index (χ2n) is 5.94. The molecule has 0 spiro atoms. The average molecular weight is 327 g/mol. The predicted octanol–water partition coefficient (Wildman–Crippen LogP) is 2.06. The Balaban J connectivity index is 2.48. The van der Waals surface area contributed by atoms with Crippen molar-refractivity contribution in [3.05, 3.63) is 23.8 Å². The van der Waals surface area contributed by atoms with Gasteiger partial charge in [-0.05, 0) is 36.5 Å². The van der Waals surface area contributed by atoms with Crippen LogP contribution in [0.2, 0.25) is 0 Å². The number of rotatable bonds is 4. The van der Waals surface area contributed by atoms with Crippen molar-refractivity contribution in [1.29, 1.82) is 0 Å². The Bertz CT molecular complexity index is 661. The number of carbonyl (C=O) groups is 1. The van der Waals surface area contributed by atoms with Crippen molar-refractivity contribution < 1.29 is 23.1 Å². The summed E-state index contributed by atoms with van der Waals surface area (Å²) in [6.07, 6.45) is 0.984. The van der Waals surface area contributed by atoms with Crippen LogP contribution in [0.25, 0.3) is 0 Å². The Morgan fingerprint density at radius 1 is 1.27 bits per heavy atom. The van der Waals surface area contributed by atoms with E-state index < -0.39 is 16.0 Å². The van der Waals surface area contributed by atoms with Gasteiger partial charge in [0.25, 0.3) is 0 Å². The first-order valence-electron chi connectivity index (χ1n) is 7.17. The van der Waals surface area contributed by atoms with Crippen molar-refractivity contribution in [2.24, 2.45) is 11.8 Å². The van der Waals surface area contributed by atoms with Crippen LogP contribution in [0.1, 0.15) is 30.6 Å². The molecule has 1 fully saturated rings. The summed E-state index contributed by atoms with van der Waals surface area (Å²) in [7, 11) is -2.41. The molecule has 2 atom stereocenters. The molecule has 0 unspecified atom stereocenters. The van der Waals surface area contributed by atoms with E-state index in [0.29, 0.717) is 13.1 Å². The molecule has 0 saturated carbocycles. The average Bonchev–Trinajstić information content (AvgIpc) is 2.45. The number of carboxylic acids is 1. The van der Waals surface area contributed by atoms with Gasteiger partial charge in [-0.25, -0.2) is 13.2 Å². The number of nitrogens with zero attached hydrogens (tertiary/aromatic N) is 1. The summed E-state index contributed by atoms with van der Waals surface area (Å²) in [4.78, 5) is 11.0. The molecule has 1 saturated heterocycles. The number of sulfonamides is 1. The van der Waals surface area contributed by atoms with Crippen molar-refractivity contribution in [3.63, 3.8) is 0 Å². The number of methoxy groups -OCH3 is 1. The molecule has 7 heteroatoms. The van der Waals surface area contributed by atoms with Crippen LogP contribution in [0.15, 0.2) is 23.1 Å². The lowest BCUT2D eigenvalue weighted by molar-refractivity contribution is 0.0696. The van der Waals surface area contributed by atoms with E-state index in [-0.39, 0.29) is 28.0 Å². The van der Waals surface area contributed by atoms with Crippen molar-refractivity contribution in [2.45, 2.75) is 25.2 Å². The van der Waals surface area contributed by atoms with Gasteiger partial charge >= 0.3 is 5.97 Å². The fourth-order valence-electron chi connectivity index (χ4n) is 2.95. The fourth-order valence-corrected chi connectivity index (χ4v) is 4.81.